The van der Waals surface area contributed by atoms with Gasteiger partial charge < -0.3 is 0 Å². The van der Waals surface area contributed by atoms with E-state index in [-0.39, 0.29) is 17.9 Å². The molecule has 0 aliphatic carbocycles. The lowest BCUT2D eigenvalue weighted by molar-refractivity contribution is -0.136. The quantitative estimate of drug-likeness (QED) is 0.577. The Hall–Kier alpha value is -1.72. The molecule has 0 spiro atoms. The molecule has 0 radical (unpaired) electrons. The Balaban J connectivity index is 2.17. The Bertz CT molecular complexity index is 332. The first kappa shape index (κ1) is 7.90. The molecule has 0 bridgehead atoms. The van der Waals surface area contributed by atoms with Crippen molar-refractivity contribution < 1.29 is 9.59 Å². The lowest BCUT2D eigenvalue weighted by Crippen LogP contribution is -2.41. The molecule has 1 saturated heterocycles. The maximum absolute atomic E-state index is 11.3. The molecular formula is C7H8N4O2. The van der Waals surface area contributed by atoms with E-state index in [0.717, 1.165) is 0 Å². The van der Waals surface area contributed by atoms with Crippen LogP contribution in [-0.4, -0.2) is 26.8 Å². The van der Waals surface area contributed by atoms with Gasteiger partial charge in [0, 0.05) is 12.6 Å². The van der Waals surface area contributed by atoms with Crippen molar-refractivity contribution in [2.24, 2.45) is 0 Å². The second kappa shape index (κ2) is 2.96. The molecule has 2 rings (SSSR count). The molecular weight excluding hydrogens is 172 g/mol. The van der Waals surface area contributed by atoms with Crippen molar-refractivity contribution in [2.45, 2.75) is 18.9 Å². The first-order valence-corrected chi connectivity index (χ1v) is 3.97. The first-order chi connectivity index (χ1) is 6.27. The molecule has 2 amide bonds. The SMILES string of the molecule is O=C1CCC(n2ccnn2)C(=O)N1. The summed E-state index contributed by atoms with van der Waals surface area (Å²) in [6.45, 7) is 0. The predicted octanol–water partition coefficient (Wildman–Crippen LogP) is -0.744. The van der Waals surface area contributed by atoms with E-state index in [4.69, 9.17) is 0 Å². The normalized spacial score (nSPS) is 22.9. The first-order valence-electron chi connectivity index (χ1n) is 3.97. The topological polar surface area (TPSA) is 76.9 Å². The Morgan fingerprint density at radius 1 is 1.54 bits per heavy atom. The number of aromatic nitrogens is 3. The van der Waals surface area contributed by atoms with E-state index in [1.165, 1.54) is 10.9 Å². The van der Waals surface area contributed by atoms with Crippen molar-refractivity contribution in [2.75, 3.05) is 0 Å². The molecule has 1 aromatic heterocycles. The Kier molecular flexibility index (Phi) is 1.80. The standard InChI is InChI=1S/C7H8N4O2/c12-6-2-1-5(7(13)9-6)11-4-3-8-10-11/h3-5H,1-2H2,(H,9,12,13). The Morgan fingerprint density at radius 3 is 3.00 bits per heavy atom. The zero-order valence-corrected chi connectivity index (χ0v) is 6.80. The molecule has 1 fully saturated rings. The summed E-state index contributed by atoms with van der Waals surface area (Å²) in [4.78, 5) is 22.1. The highest BCUT2D eigenvalue weighted by atomic mass is 16.2. The number of piperidine rings is 1. The molecule has 68 valence electrons. The predicted molar refractivity (Wildman–Crippen MR) is 41.4 cm³/mol. The summed E-state index contributed by atoms with van der Waals surface area (Å²) in [6, 6.07) is -0.389. The second-order valence-corrected chi connectivity index (χ2v) is 2.85. The fraction of sp³-hybridized carbons (Fsp3) is 0.429. The van der Waals surface area contributed by atoms with E-state index >= 15 is 0 Å². The monoisotopic (exact) mass is 180 g/mol. The summed E-state index contributed by atoms with van der Waals surface area (Å²) in [7, 11) is 0. The molecule has 0 saturated carbocycles. The van der Waals surface area contributed by atoms with E-state index < -0.39 is 0 Å². The van der Waals surface area contributed by atoms with Crippen molar-refractivity contribution in [3.63, 3.8) is 0 Å². The van der Waals surface area contributed by atoms with Gasteiger partial charge in [-0.2, -0.15) is 0 Å². The number of carbonyl (C=O) groups is 2. The van der Waals surface area contributed by atoms with Crippen LogP contribution in [0.2, 0.25) is 0 Å². The van der Waals surface area contributed by atoms with Crippen LogP contribution in [0.5, 0.6) is 0 Å². The van der Waals surface area contributed by atoms with Gasteiger partial charge in [0.2, 0.25) is 5.91 Å². The van der Waals surface area contributed by atoms with E-state index in [2.05, 4.69) is 15.6 Å². The van der Waals surface area contributed by atoms with Gasteiger partial charge in [-0.1, -0.05) is 5.21 Å². The van der Waals surface area contributed by atoms with Crippen LogP contribution >= 0.6 is 0 Å². The fourth-order valence-corrected chi connectivity index (χ4v) is 1.32. The van der Waals surface area contributed by atoms with Crippen molar-refractivity contribution in [3.8, 4) is 0 Å². The molecule has 13 heavy (non-hydrogen) atoms. The molecule has 0 aromatic carbocycles. The molecule has 1 unspecified atom stereocenters. The van der Waals surface area contributed by atoms with Crippen LogP contribution in [0.15, 0.2) is 12.4 Å². The van der Waals surface area contributed by atoms with Gasteiger partial charge in [-0.25, -0.2) is 4.68 Å². The van der Waals surface area contributed by atoms with E-state index in [0.29, 0.717) is 12.8 Å². The minimum absolute atomic E-state index is 0.221. The molecule has 1 N–H and O–H groups in total. The average molecular weight is 180 g/mol. The lowest BCUT2D eigenvalue weighted by atomic mass is 10.1. The summed E-state index contributed by atoms with van der Waals surface area (Å²) in [5.41, 5.74) is 0. The molecule has 6 nitrogen and oxygen atoms in total. The largest absolute Gasteiger partial charge is 0.295 e. The van der Waals surface area contributed by atoms with Crippen molar-refractivity contribution in [3.05, 3.63) is 12.4 Å². The van der Waals surface area contributed by atoms with Gasteiger partial charge >= 0.3 is 0 Å². The van der Waals surface area contributed by atoms with Crippen LogP contribution in [0.4, 0.5) is 0 Å². The van der Waals surface area contributed by atoms with Crippen LogP contribution < -0.4 is 5.32 Å². The maximum Gasteiger partial charge on any atom is 0.251 e. The molecule has 1 aliphatic rings. The number of hydrogen-bond acceptors (Lipinski definition) is 4. The molecule has 1 aliphatic heterocycles. The zero-order valence-electron chi connectivity index (χ0n) is 6.80. The third-order valence-corrected chi connectivity index (χ3v) is 1.97. The summed E-state index contributed by atoms with van der Waals surface area (Å²) in [5, 5.41) is 9.56. The minimum atomic E-state index is -0.389. The number of nitrogens with zero attached hydrogens (tertiary/aromatic N) is 3. The van der Waals surface area contributed by atoms with Gasteiger partial charge in [0.1, 0.15) is 6.04 Å². The third-order valence-electron chi connectivity index (χ3n) is 1.97. The number of amides is 2. The highest BCUT2D eigenvalue weighted by molar-refractivity contribution is 5.99. The average Bonchev–Trinajstić information content (AvgIpc) is 2.56. The smallest absolute Gasteiger partial charge is 0.251 e. The molecule has 2 heterocycles. The van der Waals surface area contributed by atoms with Gasteiger partial charge in [-0.15, -0.1) is 5.10 Å². The van der Waals surface area contributed by atoms with Crippen molar-refractivity contribution in [1.82, 2.24) is 20.3 Å². The van der Waals surface area contributed by atoms with Gasteiger partial charge in [0.15, 0.2) is 0 Å². The van der Waals surface area contributed by atoms with E-state index in [9.17, 15) is 9.59 Å². The van der Waals surface area contributed by atoms with Gasteiger partial charge in [-0.3, -0.25) is 14.9 Å². The fourth-order valence-electron chi connectivity index (χ4n) is 1.32. The Labute approximate surface area is 73.9 Å². The van der Waals surface area contributed by atoms with E-state index in [1.807, 2.05) is 0 Å². The van der Waals surface area contributed by atoms with Crippen LogP contribution in [0.3, 0.4) is 0 Å². The summed E-state index contributed by atoms with van der Waals surface area (Å²) in [6.07, 6.45) is 3.97. The van der Waals surface area contributed by atoms with Crippen LogP contribution in [0, 0.1) is 0 Å². The van der Waals surface area contributed by atoms with Crippen LogP contribution in [-0.2, 0) is 9.59 Å². The maximum atomic E-state index is 11.3. The minimum Gasteiger partial charge on any atom is -0.295 e. The van der Waals surface area contributed by atoms with Gasteiger partial charge in [-0.05, 0) is 6.42 Å². The number of rotatable bonds is 1. The van der Waals surface area contributed by atoms with Crippen molar-refractivity contribution in [1.29, 1.82) is 0 Å². The van der Waals surface area contributed by atoms with Gasteiger partial charge in [0.05, 0.1) is 6.20 Å². The molecule has 1 atom stereocenters. The third kappa shape index (κ3) is 1.42. The van der Waals surface area contributed by atoms with Gasteiger partial charge in [0.25, 0.3) is 5.91 Å². The van der Waals surface area contributed by atoms with Crippen molar-refractivity contribution >= 4 is 11.8 Å². The van der Waals surface area contributed by atoms with Crippen LogP contribution in [0.25, 0.3) is 0 Å². The summed E-state index contributed by atoms with van der Waals surface area (Å²) >= 11 is 0. The molecule has 1 aromatic rings. The molecule has 6 heteroatoms. The highest BCUT2D eigenvalue weighted by Crippen LogP contribution is 2.16. The number of nitrogens with one attached hydrogen (secondary N) is 1. The highest BCUT2D eigenvalue weighted by Gasteiger charge is 2.28. The summed E-state index contributed by atoms with van der Waals surface area (Å²) in [5.74, 6) is -0.525. The second-order valence-electron chi connectivity index (χ2n) is 2.85. The summed E-state index contributed by atoms with van der Waals surface area (Å²) < 4.78 is 1.46. The lowest BCUT2D eigenvalue weighted by Gasteiger charge is -2.19. The zero-order chi connectivity index (χ0) is 9.26. The number of carbonyl (C=O) groups excluding carboxylic acids is 2. The number of imide groups is 1. The van der Waals surface area contributed by atoms with E-state index in [1.54, 1.807) is 6.20 Å². The number of hydrogen-bond donors (Lipinski definition) is 1. The Morgan fingerprint density at radius 2 is 2.38 bits per heavy atom. The van der Waals surface area contributed by atoms with Crippen LogP contribution in [0.1, 0.15) is 18.9 Å².